The zero-order valence-electron chi connectivity index (χ0n) is 22.7. The lowest BCUT2D eigenvalue weighted by Crippen LogP contribution is -2.33. The number of nitrogens with one attached hydrogen (secondary N) is 1. The number of hydrogen-bond donors (Lipinski definition) is 1. The Kier molecular flexibility index (Phi) is 6.44. The molecule has 6 aromatic rings. The third-order valence-corrected chi connectivity index (χ3v) is 8.57. The van der Waals surface area contributed by atoms with Gasteiger partial charge in [-0.15, -0.1) is 5.10 Å². The van der Waals surface area contributed by atoms with Crippen molar-refractivity contribution in [3.63, 3.8) is 0 Å². The monoisotopic (exact) mass is 532 g/mol. The summed E-state index contributed by atoms with van der Waals surface area (Å²) in [7, 11) is 1.92. The molecule has 4 heterocycles. The highest BCUT2D eigenvalue weighted by molar-refractivity contribution is 5.90. The second-order valence-electron chi connectivity index (χ2n) is 11.0. The predicted octanol–water partition coefficient (Wildman–Crippen LogP) is 6.86. The van der Waals surface area contributed by atoms with Gasteiger partial charge in [0.2, 0.25) is 0 Å². The summed E-state index contributed by atoms with van der Waals surface area (Å²) in [4.78, 5) is 6.03. The molecule has 0 unspecified atom stereocenters. The number of H-pyrrole nitrogens is 1. The van der Waals surface area contributed by atoms with Gasteiger partial charge in [0.05, 0.1) is 17.4 Å². The maximum Gasteiger partial charge on any atom is 0.123 e. The molecule has 0 saturated carbocycles. The number of rotatable bonds is 7. The number of fused-ring (bicyclic) bond motifs is 2. The van der Waals surface area contributed by atoms with Crippen LogP contribution < -0.4 is 0 Å². The number of hydrogen-bond acceptors (Lipinski definition) is 3. The van der Waals surface area contributed by atoms with Crippen LogP contribution in [0.25, 0.3) is 38.8 Å². The van der Waals surface area contributed by atoms with Crippen molar-refractivity contribution in [2.75, 3.05) is 19.6 Å². The lowest BCUT2D eigenvalue weighted by atomic mass is 9.88. The first-order valence-electron chi connectivity index (χ1n) is 14.2. The van der Waals surface area contributed by atoms with Gasteiger partial charge in [0.1, 0.15) is 5.82 Å². The van der Waals surface area contributed by atoms with Gasteiger partial charge in [-0.05, 0) is 105 Å². The van der Waals surface area contributed by atoms with Crippen LogP contribution in [0.3, 0.4) is 0 Å². The van der Waals surface area contributed by atoms with Crippen LogP contribution in [0.2, 0.25) is 0 Å². The minimum Gasteiger partial charge on any atom is -0.361 e. The third-order valence-electron chi connectivity index (χ3n) is 8.57. The molecular weight excluding hydrogens is 499 g/mol. The molecule has 1 aliphatic rings. The van der Waals surface area contributed by atoms with Crippen LogP contribution in [-0.4, -0.2) is 49.1 Å². The molecule has 0 aliphatic carbocycles. The van der Waals surface area contributed by atoms with Gasteiger partial charge in [0.15, 0.2) is 0 Å². The van der Waals surface area contributed by atoms with E-state index in [9.17, 15) is 4.39 Å². The van der Waals surface area contributed by atoms with Crippen LogP contribution in [0.1, 0.15) is 36.3 Å². The molecule has 0 amide bonds. The lowest BCUT2D eigenvalue weighted by Gasteiger charge is -2.32. The second-order valence-corrected chi connectivity index (χ2v) is 11.0. The minimum atomic E-state index is -0.219. The topological polar surface area (TPSA) is 54.7 Å². The molecule has 1 fully saturated rings. The number of aryl methyl sites for hydroxylation is 2. The number of likely N-dealkylation sites (tertiary alicyclic amines) is 1. The van der Waals surface area contributed by atoms with E-state index in [4.69, 9.17) is 0 Å². The molecule has 1 saturated heterocycles. The number of aromatic nitrogens is 5. The van der Waals surface area contributed by atoms with Gasteiger partial charge in [-0.3, -0.25) is 0 Å². The second kappa shape index (κ2) is 10.4. The zero-order chi connectivity index (χ0) is 27.1. The molecule has 40 heavy (non-hydrogen) atoms. The van der Waals surface area contributed by atoms with Gasteiger partial charge in [0.25, 0.3) is 0 Å². The summed E-state index contributed by atoms with van der Waals surface area (Å²) in [5, 5.41) is 10.8. The molecule has 0 radical (unpaired) electrons. The fraction of sp³-hybridized carbons (Fsp3) is 0.273. The van der Waals surface area contributed by atoms with Crippen LogP contribution in [0, 0.1) is 5.82 Å². The minimum absolute atomic E-state index is 0.219. The number of piperidine rings is 1. The Morgan fingerprint density at radius 3 is 2.60 bits per heavy atom. The van der Waals surface area contributed by atoms with Crippen LogP contribution in [0.5, 0.6) is 0 Å². The molecule has 1 aliphatic heterocycles. The molecule has 7 rings (SSSR count). The van der Waals surface area contributed by atoms with E-state index < -0.39 is 0 Å². The summed E-state index contributed by atoms with van der Waals surface area (Å²) in [6.45, 7) is 3.33. The predicted molar refractivity (Wildman–Crippen MR) is 158 cm³/mol. The highest BCUT2D eigenvalue weighted by Crippen LogP contribution is 2.37. The van der Waals surface area contributed by atoms with Gasteiger partial charge in [-0.1, -0.05) is 29.5 Å². The number of nitrogens with zero attached hydrogens (tertiary/aromatic N) is 5. The summed E-state index contributed by atoms with van der Waals surface area (Å²) >= 11 is 0. The Hall–Kier alpha value is -4.23. The molecule has 7 heteroatoms. The van der Waals surface area contributed by atoms with Gasteiger partial charge in [0, 0.05) is 47.0 Å². The van der Waals surface area contributed by atoms with Crippen LogP contribution in [0.15, 0.2) is 85.3 Å². The van der Waals surface area contributed by atoms with Gasteiger partial charge < -0.3 is 14.5 Å². The normalized spacial score (nSPS) is 14.9. The van der Waals surface area contributed by atoms with Crippen LogP contribution in [-0.2, 0) is 13.5 Å². The van der Waals surface area contributed by atoms with Crippen LogP contribution >= 0.6 is 0 Å². The van der Waals surface area contributed by atoms with E-state index in [2.05, 4.69) is 79.6 Å². The van der Waals surface area contributed by atoms with Crippen molar-refractivity contribution < 1.29 is 4.39 Å². The summed E-state index contributed by atoms with van der Waals surface area (Å²) in [5.74, 6) is 0.262. The van der Waals surface area contributed by atoms with E-state index in [0.29, 0.717) is 5.92 Å². The standard InChI is InChI=1S/C33H33FN6/c1-38-33(21-36-37-38)24-8-13-32-29(19-24)30(22-40(32)27-11-9-26(34)10-12-27)23-14-17-39(18-15-23)16-4-5-25-20-35-31-7-3-2-6-28(25)31/h2-3,6-13,19-23,35H,4-5,14-18H2,1H3. The maximum atomic E-state index is 13.7. The Bertz CT molecular complexity index is 1770. The van der Waals surface area contributed by atoms with E-state index in [-0.39, 0.29) is 5.82 Å². The highest BCUT2D eigenvalue weighted by Gasteiger charge is 2.24. The van der Waals surface area contributed by atoms with Gasteiger partial charge in [-0.2, -0.15) is 0 Å². The molecule has 3 aromatic carbocycles. The summed E-state index contributed by atoms with van der Waals surface area (Å²) in [6, 6.07) is 21.9. The molecule has 0 bridgehead atoms. The van der Waals surface area contributed by atoms with Crippen molar-refractivity contribution in [2.24, 2.45) is 7.05 Å². The first-order valence-corrected chi connectivity index (χ1v) is 14.2. The summed E-state index contributed by atoms with van der Waals surface area (Å²) < 4.78 is 17.7. The molecular formula is C33H33FN6. The van der Waals surface area contributed by atoms with E-state index in [0.717, 1.165) is 61.4 Å². The smallest absolute Gasteiger partial charge is 0.123 e. The van der Waals surface area contributed by atoms with E-state index in [1.807, 2.05) is 30.1 Å². The van der Waals surface area contributed by atoms with Crippen molar-refractivity contribution in [1.29, 1.82) is 0 Å². The largest absolute Gasteiger partial charge is 0.361 e. The van der Waals surface area contributed by atoms with E-state index in [1.165, 1.54) is 46.0 Å². The molecule has 0 spiro atoms. The van der Waals surface area contributed by atoms with E-state index in [1.54, 1.807) is 0 Å². The van der Waals surface area contributed by atoms with E-state index >= 15 is 0 Å². The van der Waals surface area contributed by atoms with Gasteiger partial charge >= 0.3 is 0 Å². The SMILES string of the molecule is Cn1nncc1-c1ccc2c(c1)c(C1CCN(CCCc3c[nH]c4ccccc34)CC1)cn2-c1ccc(F)cc1. The van der Waals surface area contributed by atoms with Crippen molar-refractivity contribution in [3.8, 4) is 16.9 Å². The number of aromatic amines is 1. The first-order chi connectivity index (χ1) is 19.6. The van der Waals surface area contributed by atoms with Crippen molar-refractivity contribution in [1.82, 2.24) is 29.4 Å². The Morgan fingerprint density at radius 1 is 0.975 bits per heavy atom. The number of para-hydroxylation sites is 1. The summed E-state index contributed by atoms with van der Waals surface area (Å²) in [5.41, 5.74) is 8.22. The van der Waals surface area contributed by atoms with Crippen molar-refractivity contribution >= 4 is 21.8 Å². The number of halogens is 1. The molecule has 202 valence electrons. The van der Waals surface area contributed by atoms with Gasteiger partial charge in [-0.25, -0.2) is 9.07 Å². The zero-order valence-corrected chi connectivity index (χ0v) is 22.7. The van der Waals surface area contributed by atoms with Crippen LogP contribution in [0.4, 0.5) is 4.39 Å². The molecule has 1 N–H and O–H groups in total. The fourth-order valence-corrected chi connectivity index (χ4v) is 6.41. The average molecular weight is 533 g/mol. The third kappa shape index (κ3) is 4.60. The fourth-order valence-electron chi connectivity index (χ4n) is 6.41. The Labute approximate surface area is 233 Å². The maximum absolute atomic E-state index is 13.7. The molecule has 0 atom stereocenters. The molecule has 6 nitrogen and oxygen atoms in total. The van der Waals surface area contributed by atoms with Crippen molar-refractivity contribution in [2.45, 2.75) is 31.6 Å². The Balaban J connectivity index is 1.11. The highest BCUT2D eigenvalue weighted by atomic mass is 19.1. The molecule has 3 aromatic heterocycles. The number of benzene rings is 3. The quantitative estimate of drug-likeness (QED) is 0.244. The first kappa shape index (κ1) is 24.8. The van der Waals surface area contributed by atoms with Crippen molar-refractivity contribution in [3.05, 3.63) is 102 Å². The lowest BCUT2D eigenvalue weighted by molar-refractivity contribution is 0.211. The Morgan fingerprint density at radius 2 is 1.80 bits per heavy atom. The summed E-state index contributed by atoms with van der Waals surface area (Å²) in [6.07, 6.45) is 10.8. The average Bonchev–Trinajstić information content (AvgIpc) is 3.71.